The first-order valence-corrected chi connectivity index (χ1v) is 6.10. The highest BCUT2D eigenvalue weighted by Crippen LogP contribution is 2.20. The SMILES string of the molecule is CC1CC(=N[S+]([O-])C(C)(C)C)CCO1. The van der Waals surface area contributed by atoms with Gasteiger partial charge in [-0.15, -0.1) is 0 Å². The third-order valence-electron chi connectivity index (χ3n) is 2.05. The molecule has 0 aliphatic carbocycles. The fraction of sp³-hybridized carbons (Fsp3) is 0.900. The van der Waals surface area contributed by atoms with E-state index in [0.717, 1.165) is 18.6 Å². The molecule has 0 saturated carbocycles. The van der Waals surface area contributed by atoms with Crippen LogP contribution in [0.1, 0.15) is 40.5 Å². The van der Waals surface area contributed by atoms with E-state index in [2.05, 4.69) is 4.40 Å². The van der Waals surface area contributed by atoms with Crippen molar-refractivity contribution < 1.29 is 9.29 Å². The monoisotopic (exact) mass is 217 g/mol. The molecule has 1 fully saturated rings. The van der Waals surface area contributed by atoms with Gasteiger partial charge in [-0.25, -0.2) is 0 Å². The molecule has 0 bridgehead atoms. The van der Waals surface area contributed by atoms with Gasteiger partial charge in [0.25, 0.3) is 0 Å². The van der Waals surface area contributed by atoms with Crippen molar-refractivity contribution in [3.05, 3.63) is 0 Å². The number of rotatable bonds is 1. The van der Waals surface area contributed by atoms with Gasteiger partial charge in [-0.05, 0) is 27.7 Å². The van der Waals surface area contributed by atoms with Crippen LogP contribution in [-0.2, 0) is 16.1 Å². The Morgan fingerprint density at radius 2 is 2.14 bits per heavy atom. The number of nitrogens with zero attached hydrogens (tertiary/aromatic N) is 1. The Morgan fingerprint density at radius 1 is 1.50 bits per heavy atom. The standard InChI is InChI=1S/C10H19NO2S/c1-8-7-9(5-6-13-8)11-14(12)10(2,3)4/h8H,5-7H2,1-4H3. The molecule has 1 aliphatic rings. The van der Waals surface area contributed by atoms with Crippen molar-refractivity contribution in [1.82, 2.24) is 0 Å². The van der Waals surface area contributed by atoms with Crippen LogP contribution >= 0.6 is 0 Å². The molecule has 0 N–H and O–H groups in total. The lowest BCUT2D eigenvalue weighted by atomic mass is 10.1. The van der Waals surface area contributed by atoms with Crippen LogP contribution in [0.4, 0.5) is 0 Å². The van der Waals surface area contributed by atoms with Crippen LogP contribution < -0.4 is 0 Å². The predicted octanol–water partition coefficient (Wildman–Crippen LogP) is 2.09. The zero-order valence-electron chi connectivity index (χ0n) is 9.37. The summed E-state index contributed by atoms with van der Waals surface area (Å²) >= 11 is -1.12. The molecule has 0 aromatic rings. The van der Waals surface area contributed by atoms with Crippen LogP contribution in [0.3, 0.4) is 0 Å². The number of hydrogen-bond acceptors (Lipinski definition) is 3. The van der Waals surface area contributed by atoms with Crippen LogP contribution in [-0.4, -0.2) is 27.7 Å². The van der Waals surface area contributed by atoms with Crippen LogP contribution in [0.25, 0.3) is 0 Å². The fourth-order valence-electron chi connectivity index (χ4n) is 1.21. The van der Waals surface area contributed by atoms with Gasteiger partial charge in [0.1, 0.15) is 16.1 Å². The van der Waals surface area contributed by atoms with E-state index in [0.29, 0.717) is 6.61 Å². The van der Waals surface area contributed by atoms with E-state index in [9.17, 15) is 4.55 Å². The third kappa shape index (κ3) is 3.59. The first kappa shape index (κ1) is 12.0. The summed E-state index contributed by atoms with van der Waals surface area (Å²) in [5.41, 5.74) is 1.04. The lowest BCUT2D eigenvalue weighted by molar-refractivity contribution is 0.0635. The molecule has 1 heterocycles. The predicted molar refractivity (Wildman–Crippen MR) is 60.0 cm³/mol. The smallest absolute Gasteiger partial charge is 0.144 e. The molecule has 82 valence electrons. The minimum Gasteiger partial charge on any atom is -0.591 e. The molecule has 3 nitrogen and oxygen atoms in total. The second kappa shape index (κ2) is 4.64. The minimum atomic E-state index is -1.12. The zero-order chi connectivity index (χ0) is 10.8. The molecule has 14 heavy (non-hydrogen) atoms. The normalized spacial score (nSPS) is 29.2. The summed E-state index contributed by atoms with van der Waals surface area (Å²) < 4.78 is 21.1. The van der Waals surface area contributed by atoms with E-state index in [1.54, 1.807) is 0 Å². The van der Waals surface area contributed by atoms with Crippen LogP contribution in [0.2, 0.25) is 0 Å². The van der Waals surface area contributed by atoms with E-state index in [4.69, 9.17) is 4.74 Å². The van der Waals surface area contributed by atoms with Gasteiger partial charge in [0.15, 0.2) is 0 Å². The van der Waals surface area contributed by atoms with Gasteiger partial charge in [0, 0.05) is 12.8 Å². The maximum absolute atomic E-state index is 11.7. The molecule has 1 saturated heterocycles. The Morgan fingerprint density at radius 3 is 2.64 bits per heavy atom. The summed E-state index contributed by atoms with van der Waals surface area (Å²) in [4.78, 5) is 0. The molecule has 0 aromatic carbocycles. The number of ether oxygens (including phenoxy) is 1. The molecular weight excluding hydrogens is 198 g/mol. The molecule has 2 unspecified atom stereocenters. The molecule has 1 rings (SSSR count). The first-order valence-electron chi connectivity index (χ1n) is 4.99. The fourth-order valence-corrected chi connectivity index (χ4v) is 1.88. The van der Waals surface area contributed by atoms with Crippen molar-refractivity contribution >= 4 is 17.1 Å². The number of hydrogen-bond donors (Lipinski definition) is 0. The topological polar surface area (TPSA) is 44.7 Å². The highest BCUT2D eigenvalue weighted by Gasteiger charge is 2.28. The second-order valence-electron chi connectivity index (χ2n) is 4.65. The van der Waals surface area contributed by atoms with Gasteiger partial charge in [-0.2, -0.15) is 0 Å². The van der Waals surface area contributed by atoms with Gasteiger partial charge >= 0.3 is 0 Å². The van der Waals surface area contributed by atoms with Crippen molar-refractivity contribution in [1.29, 1.82) is 0 Å². The quantitative estimate of drug-likeness (QED) is 0.631. The van der Waals surface area contributed by atoms with Crippen molar-refractivity contribution in [3.63, 3.8) is 0 Å². The van der Waals surface area contributed by atoms with Crippen LogP contribution in [0.5, 0.6) is 0 Å². The summed E-state index contributed by atoms with van der Waals surface area (Å²) in [7, 11) is 0. The van der Waals surface area contributed by atoms with Gasteiger partial charge in [-0.1, -0.05) is 4.40 Å². The second-order valence-corrected chi connectivity index (χ2v) is 6.56. The Bertz CT molecular complexity index is 223. The van der Waals surface area contributed by atoms with Gasteiger partial charge in [0.2, 0.25) is 0 Å². The average molecular weight is 217 g/mol. The Hall–Kier alpha value is -0.0600. The third-order valence-corrected chi connectivity index (χ3v) is 3.52. The largest absolute Gasteiger partial charge is 0.591 e. The lowest BCUT2D eigenvalue weighted by Gasteiger charge is -2.23. The van der Waals surface area contributed by atoms with Crippen molar-refractivity contribution in [2.75, 3.05) is 6.61 Å². The summed E-state index contributed by atoms with van der Waals surface area (Å²) in [6.07, 6.45) is 1.87. The van der Waals surface area contributed by atoms with Crippen LogP contribution in [0, 0.1) is 0 Å². The molecule has 4 heteroatoms. The summed E-state index contributed by atoms with van der Waals surface area (Å²) in [6.45, 7) is 8.55. The van der Waals surface area contributed by atoms with E-state index >= 15 is 0 Å². The Balaban J connectivity index is 2.58. The first-order chi connectivity index (χ1) is 6.39. The minimum absolute atomic E-state index is 0.222. The van der Waals surface area contributed by atoms with Crippen LogP contribution in [0.15, 0.2) is 4.40 Å². The van der Waals surface area contributed by atoms with Crippen molar-refractivity contribution in [3.8, 4) is 0 Å². The lowest BCUT2D eigenvalue weighted by Crippen LogP contribution is -2.29. The molecule has 0 radical (unpaired) electrons. The van der Waals surface area contributed by atoms with Crippen molar-refractivity contribution in [2.24, 2.45) is 4.40 Å². The summed E-state index contributed by atoms with van der Waals surface area (Å²) in [5.74, 6) is 0. The van der Waals surface area contributed by atoms with Gasteiger partial charge < -0.3 is 9.29 Å². The Labute approximate surface area is 89.3 Å². The molecule has 0 aromatic heterocycles. The highest BCUT2D eigenvalue weighted by molar-refractivity contribution is 7.91. The average Bonchev–Trinajstić information content (AvgIpc) is 2.02. The van der Waals surface area contributed by atoms with E-state index < -0.39 is 11.4 Å². The van der Waals surface area contributed by atoms with E-state index in [1.807, 2.05) is 27.7 Å². The van der Waals surface area contributed by atoms with Gasteiger partial charge in [0.05, 0.1) is 18.4 Å². The van der Waals surface area contributed by atoms with E-state index in [1.165, 1.54) is 0 Å². The molecule has 0 amide bonds. The Kier molecular flexibility index (Phi) is 3.98. The molecular formula is C10H19NO2S. The maximum Gasteiger partial charge on any atom is 0.144 e. The summed E-state index contributed by atoms with van der Waals surface area (Å²) in [5, 5.41) is 0. The summed E-state index contributed by atoms with van der Waals surface area (Å²) in [6, 6.07) is 0. The zero-order valence-corrected chi connectivity index (χ0v) is 10.2. The highest BCUT2D eigenvalue weighted by atomic mass is 32.2. The maximum atomic E-state index is 11.7. The molecule has 1 aliphatic heterocycles. The molecule has 0 spiro atoms. The van der Waals surface area contributed by atoms with Crippen molar-refractivity contribution in [2.45, 2.75) is 51.4 Å². The molecule has 2 atom stereocenters. The van der Waals surface area contributed by atoms with E-state index in [-0.39, 0.29) is 10.9 Å². The van der Waals surface area contributed by atoms with Gasteiger partial charge in [-0.3, -0.25) is 0 Å².